The van der Waals surface area contributed by atoms with Gasteiger partial charge in [0.25, 0.3) is 0 Å². The van der Waals surface area contributed by atoms with Crippen LogP contribution in [0, 0.1) is 0 Å². The van der Waals surface area contributed by atoms with Crippen molar-refractivity contribution in [2.45, 2.75) is 37.5 Å². The van der Waals surface area contributed by atoms with Gasteiger partial charge in [0.05, 0.1) is 10.8 Å². The third kappa shape index (κ3) is 3.46. The molecule has 5 heteroatoms. The summed E-state index contributed by atoms with van der Waals surface area (Å²) in [5.41, 5.74) is -0.120. The van der Waals surface area contributed by atoms with Crippen LogP contribution in [-0.4, -0.2) is 35.0 Å². The number of benzene rings is 2. The molecule has 0 spiro atoms. The van der Waals surface area contributed by atoms with E-state index in [0.29, 0.717) is 31.0 Å². The lowest BCUT2D eigenvalue weighted by Gasteiger charge is -2.42. The van der Waals surface area contributed by atoms with Gasteiger partial charge in [-0.15, -0.1) is 0 Å². The molecule has 1 aliphatic rings. The molecular weight excluding hydrogens is 362 g/mol. The van der Waals surface area contributed by atoms with Gasteiger partial charge in [-0.1, -0.05) is 60.1 Å². The van der Waals surface area contributed by atoms with Gasteiger partial charge in [0.2, 0.25) is 5.91 Å². The number of hydrogen-bond acceptors (Lipinski definition) is 2. The van der Waals surface area contributed by atoms with Gasteiger partial charge in [0.15, 0.2) is 0 Å². The number of carboxylic acids is 1. The van der Waals surface area contributed by atoms with Gasteiger partial charge in [-0.25, -0.2) is 0 Å². The molecular formula is C22H24ClNO3. The van der Waals surface area contributed by atoms with E-state index in [0.717, 1.165) is 11.1 Å². The van der Waals surface area contributed by atoms with Crippen molar-refractivity contribution in [1.29, 1.82) is 0 Å². The van der Waals surface area contributed by atoms with Crippen molar-refractivity contribution >= 4 is 23.5 Å². The molecule has 2 aromatic rings. The van der Waals surface area contributed by atoms with Crippen molar-refractivity contribution in [1.82, 2.24) is 4.90 Å². The van der Waals surface area contributed by atoms with Gasteiger partial charge in [0, 0.05) is 18.1 Å². The van der Waals surface area contributed by atoms with Crippen LogP contribution in [0.5, 0.6) is 0 Å². The summed E-state index contributed by atoms with van der Waals surface area (Å²) in [5.74, 6) is -0.853. The van der Waals surface area contributed by atoms with Gasteiger partial charge in [-0.2, -0.15) is 0 Å². The Morgan fingerprint density at radius 1 is 1.00 bits per heavy atom. The molecule has 0 radical (unpaired) electrons. The van der Waals surface area contributed by atoms with E-state index in [1.807, 2.05) is 62.4 Å². The number of carbonyl (C=O) groups is 2. The average Bonchev–Trinajstić information content (AvgIpc) is 2.68. The van der Waals surface area contributed by atoms with E-state index in [2.05, 4.69) is 0 Å². The third-order valence-electron chi connectivity index (χ3n) is 5.72. The van der Waals surface area contributed by atoms with Gasteiger partial charge in [-0.3, -0.25) is 9.59 Å². The maximum Gasteiger partial charge on any atom is 0.314 e. The summed E-state index contributed by atoms with van der Waals surface area (Å²) in [7, 11) is 0. The monoisotopic (exact) mass is 385 g/mol. The number of amides is 1. The van der Waals surface area contributed by atoms with E-state index >= 15 is 0 Å². The first-order valence-electron chi connectivity index (χ1n) is 9.12. The lowest BCUT2D eigenvalue weighted by molar-refractivity contribution is -0.149. The Balaban J connectivity index is 1.81. The summed E-state index contributed by atoms with van der Waals surface area (Å²) < 4.78 is 0. The lowest BCUT2D eigenvalue weighted by Crippen LogP contribution is -2.52. The standard InChI is InChI=1S/C22H24ClNO3/c1-21(2,17-10-6-7-11-18(17)23)19(25)24-14-12-22(13-15-24,20(26)27)16-8-4-3-5-9-16/h3-11H,12-15H2,1-2H3,(H,26,27). The van der Waals surface area contributed by atoms with Crippen LogP contribution in [0.1, 0.15) is 37.8 Å². The second-order valence-electron chi connectivity index (χ2n) is 7.65. The van der Waals surface area contributed by atoms with Crippen LogP contribution >= 0.6 is 11.6 Å². The molecule has 1 heterocycles. The molecule has 0 saturated carbocycles. The minimum absolute atomic E-state index is 0.0253. The smallest absolute Gasteiger partial charge is 0.314 e. The summed E-state index contributed by atoms with van der Waals surface area (Å²) in [5, 5.41) is 10.5. The zero-order chi connectivity index (χ0) is 19.7. The fourth-order valence-corrected chi connectivity index (χ4v) is 4.33. The molecule has 0 atom stereocenters. The minimum Gasteiger partial charge on any atom is -0.481 e. The molecule has 1 aliphatic heterocycles. The van der Waals surface area contributed by atoms with Crippen LogP contribution in [0.15, 0.2) is 54.6 Å². The number of piperidine rings is 1. The normalized spacial score (nSPS) is 16.8. The second kappa shape index (κ2) is 7.35. The molecule has 1 fully saturated rings. The number of carbonyl (C=O) groups excluding carboxylic acids is 1. The molecule has 27 heavy (non-hydrogen) atoms. The van der Waals surface area contributed by atoms with Gasteiger partial charge in [-0.05, 0) is 43.9 Å². The average molecular weight is 386 g/mol. The predicted molar refractivity (Wildman–Crippen MR) is 106 cm³/mol. The highest BCUT2D eigenvalue weighted by Gasteiger charge is 2.45. The first-order chi connectivity index (χ1) is 12.8. The fraction of sp³-hybridized carbons (Fsp3) is 0.364. The molecule has 0 bridgehead atoms. The van der Waals surface area contributed by atoms with Crippen LogP contribution in [-0.2, 0) is 20.4 Å². The first kappa shape index (κ1) is 19.4. The van der Waals surface area contributed by atoms with Crippen LogP contribution in [0.25, 0.3) is 0 Å². The molecule has 1 N–H and O–H groups in total. The number of likely N-dealkylation sites (tertiary alicyclic amines) is 1. The summed E-state index contributed by atoms with van der Waals surface area (Å²) in [6, 6.07) is 16.7. The number of halogens is 1. The molecule has 0 aliphatic carbocycles. The molecule has 142 valence electrons. The third-order valence-corrected chi connectivity index (χ3v) is 6.05. The van der Waals surface area contributed by atoms with Gasteiger partial charge in [0.1, 0.15) is 0 Å². The van der Waals surface area contributed by atoms with E-state index in [4.69, 9.17) is 11.6 Å². The SMILES string of the molecule is CC(C)(C(=O)N1CCC(C(=O)O)(c2ccccc2)CC1)c1ccccc1Cl. The Kier molecular flexibility index (Phi) is 5.29. The van der Waals surface area contributed by atoms with Gasteiger partial charge < -0.3 is 10.0 Å². The Morgan fingerprint density at radius 3 is 2.11 bits per heavy atom. The van der Waals surface area contributed by atoms with Crippen molar-refractivity contribution in [3.05, 3.63) is 70.7 Å². The van der Waals surface area contributed by atoms with E-state index < -0.39 is 16.8 Å². The quantitative estimate of drug-likeness (QED) is 0.855. The number of carboxylic acid groups (broad SMARTS) is 1. The van der Waals surface area contributed by atoms with Crippen molar-refractivity contribution in [2.24, 2.45) is 0 Å². The first-order valence-corrected chi connectivity index (χ1v) is 9.50. The van der Waals surface area contributed by atoms with Crippen LogP contribution in [0.4, 0.5) is 0 Å². The van der Waals surface area contributed by atoms with E-state index in [1.54, 1.807) is 11.0 Å². The number of aliphatic carboxylic acids is 1. The predicted octanol–water partition coefficient (Wildman–Crippen LogP) is 4.26. The minimum atomic E-state index is -0.938. The van der Waals surface area contributed by atoms with Crippen molar-refractivity contribution in [3.8, 4) is 0 Å². The van der Waals surface area contributed by atoms with Crippen molar-refractivity contribution < 1.29 is 14.7 Å². The van der Waals surface area contributed by atoms with Crippen LogP contribution in [0.2, 0.25) is 5.02 Å². The number of hydrogen-bond donors (Lipinski definition) is 1. The Bertz CT molecular complexity index is 840. The molecule has 4 nitrogen and oxygen atoms in total. The Morgan fingerprint density at radius 2 is 1.56 bits per heavy atom. The van der Waals surface area contributed by atoms with E-state index in [1.165, 1.54) is 0 Å². The molecule has 3 rings (SSSR count). The summed E-state index contributed by atoms with van der Waals surface area (Å²) >= 11 is 6.31. The highest BCUT2D eigenvalue weighted by Crippen LogP contribution is 2.38. The number of nitrogens with zero attached hydrogens (tertiary/aromatic N) is 1. The van der Waals surface area contributed by atoms with Crippen molar-refractivity contribution in [2.75, 3.05) is 13.1 Å². The fourth-order valence-electron chi connectivity index (χ4n) is 3.95. The van der Waals surface area contributed by atoms with Crippen LogP contribution < -0.4 is 0 Å². The summed E-state index contributed by atoms with van der Waals surface area (Å²) in [4.78, 5) is 27.1. The lowest BCUT2D eigenvalue weighted by atomic mass is 9.72. The highest BCUT2D eigenvalue weighted by molar-refractivity contribution is 6.31. The van der Waals surface area contributed by atoms with E-state index in [-0.39, 0.29) is 5.91 Å². The highest BCUT2D eigenvalue weighted by atomic mass is 35.5. The molecule has 1 saturated heterocycles. The zero-order valence-corrected chi connectivity index (χ0v) is 16.4. The summed E-state index contributed by atoms with van der Waals surface area (Å²) in [6.07, 6.45) is 0.799. The topological polar surface area (TPSA) is 57.6 Å². The number of rotatable bonds is 4. The molecule has 2 aromatic carbocycles. The summed E-state index contributed by atoms with van der Waals surface area (Å²) in [6.45, 7) is 4.56. The van der Waals surface area contributed by atoms with Crippen molar-refractivity contribution in [3.63, 3.8) is 0 Å². The second-order valence-corrected chi connectivity index (χ2v) is 8.06. The Hall–Kier alpha value is -2.33. The van der Waals surface area contributed by atoms with Crippen LogP contribution in [0.3, 0.4) is 0 Å². The van der Waals surface area contributed by atoms with E-state index in [9.17, 15) is 14.7 Å². The van der Waals surface area contributed by atoms with Gasteiger partial charge >= 0.3 is 5.97 Å². The zero-order valence-electron chi connectivity index (χ0n) is 15.6. The molecule has 0 aromatic heterocycles. The Labute approximate surface area is 164 Å². The molecule has 0 unspecified atom stereocenters. The largest absolute Gasteiger partial charge is 0.481 e. The molecule has 1 amide bonds. The maximum absolute atomic E-state index is 13.2. The maximum atomic E-state index is 13.2.